The second-order valence-corrected chi connectivity index (χ2v) is 4.60. The molecule has 0 aromatic carbocycles. The number of aliphatic carboxylic acids is 1. The number of hydrogen-bond acceptors (Lipinski definition) is 5. The molecule has 1 unspecified atom stereocenters. The Morgan fingerprint density at radius 1 is 1.33 bits per heavy atom. The molecule has 18 heavy (non-hydrogen) atoms. The van der Waals surface area contributed by atoms with Gasteiger partial charge < -0.3 is 15.1 Å². The van der Waals surface area contributed by atoms with Gasteiger partial charge in [0.1, 0.15) is 5.82 Å². The van der Waals surface area contributed by atoms with Crippen molar-refractivity contribution in [3.8, 4) is 0 Å². The maximum atomic E-state index is 11.1. The van der Waals surface area contributed by atoms with E-state index in [9.17, 15) is 9.59 Å². The number of carboxylic acids is 2. The van der Waals surface area contributed by atoms with Crippen LogP contribution in [0.25, 0.3) is 0 Å². The molecule has 1 aromatic heterocycles. The Labute approximate surface area is 103 Å². The van der Waals surface area contributed by atoms with Crippen LogP contribution in [0.4, 0.5) is 5.82 Å². The second kappa shape index (κ2) is 4.25. The highest BCUT2D eigenvalue weighted by atomic mass is 16.4. The van der Waals surface area contributed by atoms with E-state index in [1.54, 1.807) is 11.8 Å². The number of anilines is 1. The number of nitrogens with zero attached hydrogens (tertiary/aromatic N) is 3. The van der Waals surface area contributed by atoms with Gasteiger partial charge >= 0.3 is 11.9 Å². The maximum Gasteiger partial charge on any atom is 0.356 e. The van der Waals surface area contributed by atoms with E-state index in [-0.39, 0.29) is 5.69 Å². The number of carbonyl (C=O) groups is 2. The van der Waals surface area contributed by atoms with Gasteiger partial charge in [0.2, 0.25) is 0 Å². The van der Waals surface area contributed by atoms with E-state index in [0.29, 0.717) is 25.3 Å². The second-order valence-electron chi connectivity index (χ2n) is 4.60. The minimum Gasteiger partial charge on any atom is -0.481 e. The molecule has 96 valence electrons. The fraction of sp³-hybridized carbons (Fsp3) is 0.455. The lowest BCUT2D eigenvalue weighted by atomic mass is 9.90. The highest BCUT2D eigenvalue weighted by Crippen LogP contribution is 2.32. The van der Waals surface area contributed by atoms with E-state index < -0.39 is 17.4 Å². The first-order valence-corrected chi connectivity index (χ1v) is 5.46. The van der Waals surface area contributed by atoms with Crippen LogP contribution in [0.3, 0.4) is 0 Å². The van der Waals surface area contributed by atoms with Crippen LogP contribution in [0.2, 0.25) is 0 Å². The molecule has 1 atom stereocenters. The molecule has 1 saturated heterocycles. The van der Waals surface area contributed by atoms with Crippen molar-refractivity contribution in [2.24, 2.45) is 5.41 Å². The molecule has 0 bridgehead atoms. The third-order valence-corrected chi connectivity index (χ3v) is 3.17. The molecular weight excluding hydrogens is 238 g/mol. The smallest absolute Gasteiger partial charge is 0.356 e. The van der Waals surface area contributed by atoms with Gasteiger partial charge in [0.25, 0.3) is 0 Å². The molecule has 7 heteroatoms. The van der Waals surface area contributed by atoms with Gasteiger partial charge in [-0.1, -0.05) is 0 Å². The first-order valence-electron chi connectivity index (χ1n) is 5.46. The molecule has 2 N–H and O–H groups in total. The Balaban J connectivity index is 2.15. The SMILES string of the molecule is CC1(C(=O)O)CCN(c2cnc(C(=O)O)cn2)C1. The number of rotatable bonds is 3. The molecule has 1 aliphatic heterocycles. The molecule has 2 rings (SSSR count). The molecule has 0 aliphatic carbocycles. The molecule has 0 spiro atoms. The Bertz CT molecular complexity index is 488. The molecule has 1 fully saturated rings. The van der Waals surface area contributed by atoms with E-state index >= 15 is 0 Å². The normalized spacial score (nSPS) is 23.1. The quantitative estimate of drug-likeness (QED) is 0.804. The molecule has 0 radical (unpaired) electrons. The summed E-state index contributed by atoms with van der Waals surface area (Å²) >= 11 is 0. The van der Waals surface area contributed by atoms with Crippen molar-refractivity contribution >= 4 is 17.8 Å². The van der Waals surface area contributed by atoms with Gasteiger partial charge in [-0.3, -0.25) is 4.79 Å². The summed E-state index contributed by atoms with van der Waals surface area (Å²) in [4.78, 5) is 31.3. The summed E-state index contributed by atoms with van der Waals surface area (Å²) in [5.74, 6) is -1.46. The summed E-state index contributed by atoms with van der Waals surface area (Å²) in [6.45, 7) is 2.61. The van der Waals surface area contributed by atoms with Crippen molar-refractivity contribution in [3.05, 3.63) is 18.1 Å². The van der Waals surface area contributed by atoms with Crippen molar-refractivity contribution in [3.63, 3.8) is 0 Å². The number of carboxylic acid groups (broad SMARTS) is 2. The molecular formula is C11H13N3O4. The molecule has 1 aliphatic rings. The van der Waals surface area contributed by atoms with Crippen LogP contribution in [-0.2, 0) is 4.79 Å². The van der Waals surface area contributed by atoms with Crippen LogP contribution >= 0.6 is 0 Å². The zero-order valence-electron chi connectivity index (χ0n) is 9.83. The summed E-state index contributed by atoms with van der Waals surface area (Å²) in [5, 5.41) is 17.8. The van der Waals surface area contributed by atoms with Gasteiger partial charge in [-0.05, 0) is 13.3 Å². The first kappa shape index (κ1) is 12.3. The van der Waals surface area contributed by atoms with Crippen molar-refractivity contribution in [2.45, 2.75) is 13.3 Å². The van der Waals surface area contributed by atoms with Crippen LogP contribution in [0.5, 0.6) is 0 Å². The zero-order chi connectivity index (χ0) is 13.3. The summed E-state index contributed by atoms with van der Waals surface area (Å²) in [6, 6.07) is 0. The molecule has 0 saturated carbocycles. The lowest BCUT2D eigenvalue weighted by Crippen LogP contribution is -2.32. The van der Waals surface area contributed by atoms with Gasteiger partial charge in [-0.25, -0.2) is 14.8 Å². The van der Waals surface area contributed by atoms with E-state index in [1.807, 2.05) is 0 Å². The van der Waals surface area contributed by atoms with E-state index in [1.165, 1.54) is 12.4 Å². The maximum absolute atomic E-state index is 11.1. The number of aromatic carboxylic acids is 1. The van der Waals surface area contributed by atoms with E-state index in [2.05, 4.69) is 9.97 Å². The molecule has 0 amide bonds. The molecule has 2 heterocycles. The Morgan fingerprint density at radius 2 is 2.06 bits per heavy atom. The third kappa shape index (κ3) is 2.11. The van der Waals surface area contributed by atoms with Gasteiger partial charge in [-0.2, -0.15) is 0 Å². The van der Waals surface area contributed by atoms with Crippen LogP contribution in [0, 0.1) is 5.41 Å². The molecule has 1 aromatic rings. The van der Waals surface area contributed by atoms with Gasteiger partial charge in [0, 0.05) is 13.1 Å². The average molecular weight is 251 g/mol. The summed E-state index contributed by atoms with van der Waals surface area (Å²) in [5.41, 5.74) is -0.911. The first-order chi connectivity index (χ1) is 8.42. The number of aromatic nitrogens is 2. The Hall–Kier alpha value is -2.18. The largest absolute Gasteiger partial charge is 0.481 e. The predicted molar refractivity (Wildman–Crippen MR) is 61.6 cm³/mol. The van der Waals surface area contributed by atoms with Crippen LogP contribution in [0.1, 0.15) is 23.8 Å². The van der Waals surface area contributed by atoms with Crippen LogP contribution < -0.4 is 4.90 Å². The third-order valence-electron chi connectivity index (χ3n) is 3.17. The van der Waals surface area contributed by atoms with Crippen molar-refractivity contribution < 1.29 is 19.8 Å². The fourth-order valence-corrected chi connectivity index (χ4v) is 1.93. The topological polar surface area (TPSA) is 104 Å². The van der Waals surface area contributed by atoms with Crippen LogP contribution in [0.15, 0.2) is 12.4 Å². The lowest BCUT2D eigenvalue weighted by molar-refractivity contribution is -0.146. The predicted octanol–water partition coefficient (Wildman–Crippen LogP) is 0.476. The van der Waals surface area contributed by atoms with E-state index in [0.717, 1.165) is 0 Å². The lowest BCUT2D eigenvalue weighted by Gasteiger charge is -2.20. The minimum absolute atomic E-state index is 0.126. The minimum atomic E-state index is -1.13. The fourth-order valence-electron chi connectivity index (χ4n) is 1.93. The highest BCUT2D eigenvalue weighted by molar-refractivity contribution is 5.85. The van der Waals surface area contributed by atoms with Crippen molar-refractivity contribution in [1.29, 1.82) is 0 Å². The molecule has 7 nitrogen and oxygen atoms in total. The van der Waals surface area contributed by atoms with E-state index in [4.69, 9.17) is 10.2 Å². The summed E-state index contributed by atoms with van der Waals surface area (Å²) in [7, 11) is 0. The monoisotopic (exact) mass is 251 g/mol. The summed E-state index contributed by atoms with van der Waals surface area (Å²) < 4.78 is 0. The standard InChI is InChI=1S/C11H13N3O4/c1-11(10(17)18)2-3-14(6-11)8-5-12-7(4-13-8)9(15)16/h4-5H,2-3,6H2,1H3,(H,15,16)(H,17,18). The number of hydrogen-bond donors (Lipinski definition) is 2. The van der Waals surface area contributed by atoms with Crippen molar-refractivity contribution in [2.75, 3.05) is 18.0 Å². The van der Waals surface area contributed by atoms with Gasteiger partial charge in [0.05, 0.1) is 17.8 Å². The highest BCUT2D eigenvalue weighted by Gasteiger charge is 2.40. The van der Waals surface area contributed by atoms with Gasteiger partial charge in [0.15, 0.2) is 5.69 Å². The Kier molecular flexibility index (Phi) is 2.90. The zero-order valence-corrected chi connectivity index (χ0v) is 9.83. The average Bonchev–Trinajstić information content (AvgIpc) is 2.73. The van der Waals surface area contributed by atoms with Gasteiger partial charge in [-0.15, -0.1) is 0 Å². The van der Waals surface area contributed by atoms with Crippen LogP contribution in [-0.4, -0.2) is 45.2 Å². The Morgan fingerprint density at radius 3 is 2.50 bits per heavy atom. The summed E-state index contributed by atoms with van der Waals surface area (Å²) in [6.07, 6.45) is 3.07. The van der Waals surface area contributed by atoms with Crippen molar-refractivity contribution in [1.82, 2.24) is 9.97 Å².